The molecule has 136 valence electrons. The number of para-hydroxylation sites is 2. The van der Waals surface area contributed by atoms with E-state index < -0.39 is 0 Å². The van der Waals surface area contributed by atoms with Crippen LogP contribution in [0, 0.1) is 0 Å². The molecule has 0 bridgehead atoms. The molecule has 0 aliphatic heterocycles. The summed E-state index contributed by atoms with van der Waals surface area (Å²) < 4.78 is 0. The van der Waals surface area contributed by atoms with Crippen molar-refractivity contribution in [3.05, 3.63) is 83.2 Å². The lowest BCUT2D eigenvalue weighted by Crippen LogP contribution is -1.92. The van der Waals surface area contributed by atoms with Gasteiger partial charge in [-0.3, -0.25) is 0 Å². The van der Waals surface area contributed by atoms with E-state index >= 15 is 0 Å². The van der Waals surface area contributed by atoms with Crippen LogP contribution in [0.3, 0.4) is 0 Å². The fourth-order valence-corrected chi connectivity index (χ4v) is 4.22. The van der Waals surface area contributed by atoms with Gasteiger partial charge in [-0.15, -0.1) is 11.3 Å². The number of halogens is 1. The number of aromatic amines is 1. The van der Waals surface area contributed by atoms with Crippen molar-refractivity contribution in [3.8, 4) is 21.8 Å². The molecular weight excluding hydrogens is 388 g/mol. The summed E-state index contributed by atoms with van der Waals surface area (Å²) in [4.78, 5) is 12.6. The Balaban J connectivity index is 1.44. The third kappa shape index (κ3) is 3.26. The molecule has 5 aromatic rings. The number of thiazole rings is 1. The molecule has 0 radical (unpaired) electrons. The zero-order valence-corrected chi connectivity index (χ0v) is 16.3. The highest BCUT2D eigenvalue weighted by molar-refractivity contribution is 7.13. The fraction of sp³-hybridized carbons (Fsp3) is 0. The molecule has 0 fully saturated rings. The fourth-order valence-electron chi connectivity index (χ4n) is 3.07. The summed E-state index contributed by atoms with van der Waals surface area (Å²) >= 11 is 7.90. The van der Waals surface area contributed by atoms with Crippen molar-refractivity contribution < 1.29 is 0 Å². The van der Waals surface area contributed by atoms with Crippen LogP contribution < -0.4 is 5.32 Å². The lowest BCUT2D eigenvalue weighted by Gasteiger charge is -2.05. The molecule has 0 amide bonds. The predicted molar refractivity (Wildman–Crippen MR) is 117 cm³/mol. The van der Waals surface area contributed by atoms with Gasteiger partial charge in [0.1, 0.15) is 5.01 Å². The summed E-state index contributed by atoms with van der Waals surface area (Å²) in [6, 6.07) is 23.9. The SMILES string of the molecule is Clc1ccccc1-c1nc(-c2cccc(Nc3nc4ccccc4[nH]3)c2)cs1. The number of aromatic nitrogens is 3. The molecule has 0 spiro atoms. The Labute approximate surface area is 170 Å². The van der Waals surface area contributed by atoms with Gasteiger partial charge in [0, 0.05) is 22.2 Å². The summed E-state index contributed by atoms with van der Waals surface area (Å²) in [7, 11) is 0. The van der Waals surface area contributed by atoms with Crippen molar-refractivity contribution in [3.63, 3.8) is 0 Å². The highest BCUT2D eigenvalue weighted by Gasteiger charge is 2.10. The lowest BCUT2D eigenvalue weighted by atomic mass is 10.1. The van der Waals surface area contributed by atoms with Gasteiger partial charge in [-0.1, -0.05) is 54.1 Å². The molecule has 3 aromatic carbocycles. The average molecular weight is 403 g/mol. The molecule has 5 rings (SSSR count). The van der Waals surface area contributed by atoms with E-state index in [2.05, 4.69) is 32.8 Å². The molecule has 0 aliphatic rings. The summed E-state index contributed by atoms with van der Waals surface area (Å²) in [6.07, 6.45) is 0. The van der Waals surface area contributed by atoms with E-state index in [0.717, 1.165) is 38.5 Å². The van der Waals surface area contributed by atoms with E-state index in [1.165, 1.54) is 0 Å². The molecule has 0 aliphatic carbocycles. The van der Waals surface area contributed by atoms with Gasteiger partial charge in [0.05, 0.1) is 21.7 Å². The van der Waals surface area contributed by atoms with Crippen LogP contribution in [0.2, 0.25) is 5.02 Å². The minimum atomic E-state index is 0.712. The van der Waals surface area contributed by atoms with Crippen molar-refractivity contribution in [2.75, 3.05) is 5.32 Å². The van der Waals surface area contributed by atoms with E-state index in [4.69, 9.17) is 16.6 Å². The van der Waals surface area contributed by atoms with Crippen molar-refractivity contribution in [1.82, 2.24) is 15.0 Å². The zero-order chi connectivity index (χ0) is 18.9. The number of nitrogens with one attached hydrogen (secondary N) is 2. The highest BCUT2D eigenvalue weighted by atomic mass is 35.5. The molecule has 28 heavy (non-hydrogen) atoms. The molecule has 0 unspecified atom stereocenters. The minimum absolute atomic E-state index is 0.712. The topological polar surface area (TPSA) is 53.6 Å². The number of fused-ring (bicyclic) bond motifs is 1. The Bertz CT molecular complexity index is 1240. The van der Waals surface area contributed by atoms with Gasteiger partial charge in [0.15, 0.2) is 0 Å². The van der Waals surface area contributed by atoms with Crippen LogP contribution in [0.25, 0.3) is 32.9 Å². The summed E-state index contributed by atoms with van der Waals surface area (Å²) in [5, 5.41) is 7.02. The maximum absolute atomic E-state index is 6.31. The van der Waals surface area contributed by atoms with Gasteiger partial charge in [0.25, 0.3) is 0 Å². The maximum Gasteiger partial charge on any atom is 0.205 e. The van der Waals surface area contributed by atoms with Crippen LogP contribution in [0.1, 0.15) is 0 Å². The van der Waals surface area contributed by atoms with Gasteiger partial charge in [0.2, 0.25) is 5.95 Å². The molecule has 0 saturated heterocycles. The number of benzene rings is 3. The third-order valence-corrected chi connectivity index (χ3v) is 5.62. The van der Waals surface area contributed by atoms with Crippen LogP contribution in [0.5, 0.6) is 0 Å². The molecule has 6 heteroatoms. The molecular formula is C22H15ClN4S. The molecule has 2 aromatic heterocycles. The summed E-state index contributed by atoms with van der Waals surface area (Å²) in [6.45, 7) is 0. The standard InChI is InChI=1S/C22H15ClN4S/c23-17-9-2-1-8-16(17)21-25-20(13-28-21)14-6-5-7-15(12-14)24-22-26-18-10-3-4-11-19(18)27-22/h1-13H,(H2,24,26,27). The zero-order valence-electron chi connectivity index (χ0n) is 14.7. The monoisotopic (exact) mass is 402 g/mol. The first-order chi connectivity index (χ1) is 13.8. The second kappa shape index (κ2) is 7.11. The third-order valence-electron chi connectivity index (χ3n) is 4.42. The van der Waals surface area contributed by atoms with Crippen molar-refractivity contribution >= 4 is 45.6 Å². The molecule has 0 saturated carbocycles. The number of hydrogen-bond donors (Lipinski definition) is 2. The smallest absolute Gasteiger partial charge is 0.205 e. The van der Waals surface area contributed by atoms with Crippen LogP contribution in [0.4, 0.5) is 11.6 Å². The Morgan fingerprint density at radius 2 is 1.75 bits per heavy atom. The number of imidazole rings is 1. The van der Waals surface area contributed by atoms with Crippen molar-refractivity contribution in [2.24, 2.45) is 0 Å². The Hall–Kier alpha value is -3.15. The quantitative estimate of drug-likeness (QED) is 0.349. The Morgan fingerprint density at radius 3 is 2.64 bits per heavy atom. The largest absolute Gasteiger partial charge is 0.326 e. The first-order valence-corrected chi connectivity index (χ1v) is 10.0. The highest BCUT2D eigenvalue weighted by Crippen LogP contribution is 2.33. The molecule has 0 atom stereocenters. The molecule has 2 heterocycles. The summed E-state index contributed by atoms with van der Waals surface area (Å²) in [5.74, 6) is 0.716. The van der Waals surface area contributed by atoms with Crippen LogP contribution in [0.15, 0.2) is 78.2 Å². The van der Waals surface area contributed by atoms with Crippen LogP contribution in [-0.4, -0.2) is 15.0 Å². The summed E-state index contributed by atoms with van der Waals surface area (Å²) in [5.41, 5.74) is 5.81. The number of H-pyrrole nitrogens is 1. The van der Waals surface area contributed by atoms with Crippen LogP contribution in [-0.2, 0) is 0 Å². The van der Waals surface area contributed by atoms with E-state index in [-0.39, 0.29) is 0 Å². The normalized spacial score (nSPS) is 11.0. The minimum Gasteiger partial charge on any atom is -0.326 e. The first-order valence-electron chi connectivity index (χ1n) is 8.79. The van der Waals surface area contributed by atoms with E-state index in [1.807, 2.05) is 60.7 Å². The van der Waals surface area contributed by atoms with Gasteiger partial charge in [-0.05, 0) is 30.3 Å². The van der Waals surface area contributed by atoms with Crippen LogP contribution >= 0.6 is 22.9 Å². The second-order valence-corrected chi connectivity index (χ2v) is 7.59. The van der Waals surface area contributed by atoms with Crippen molar-refractivity contribution in [2.45, 2.75) is 0 Å². The number of anilines is 2. The molecule has 2 N–H and O–H groups in total. The number of hydrogen-bond acceptors (Lipinski definition) is 4. The van der Waals surface area contributed by atoms with E-state index in [9.17, 15) is 0 Å². The molecule has 4 nitrogen and oxygen atoms in total. The Morgan fingerprint density at radius 1 is 0.893 bits per heavy atom. The van der Waals surface area contributed by atoms with E-state index in [0.29, 0.717) is 11.0 Å². The first kappa shape index (κ1) is 17.0. The van der Waals surface area contributed by atoms with Gasteiger partial charge < -0.3 is 10.3 Å². The Kier molecular flexibility index (Phi) is 4.31. The average Bonchev–Trinajstić information content (AvgIpc) is 3.35. The van der Waals surface area contributed by atoms with Gasteiger partial charge in [-0.25, -0.2) is 9.97 Å². The van der Waals surface area contributed by atoms with Crippen molar-refractivity contribution in [1.29, 1.82) is 0 Å². The van der Waals surface area contributed by atoms with Gasteiger partial charge in [-0.2, -0.15) is 0 Å². The lowest BCUT2D eigenvalue weighted by molar-refractivity contribution is 1.31. The maximum atomic E-state index is 6.31. The second-order valence-electron chi connectivity index (χ2n) is 6.33. The van der Waals surface area contributed by atoms with E-state index in [1.54, 1.807) is 11.3 Å². The predicted octanol–water partition coefficient (Wildman–Crippen LogP) is 6.75. The number of nitrogens with zero attached hydrogens (tertiary/aromatic N) is 2. The van der Waals surface area contributed by atoms with Gasteiger partial charge >= 0.3 is 0 Å². The number of rotatable bonds is 4.